The van der Waals surface area contributed by atoms with Crippen molar-refractivity contribution in [1.29, 1.82) is 0 Å². The lowest BCUT2D eigenvalue weighted by Crippen LogP contribution is -2.57. The van der Waals surface area contributed by atoms with E-state index in [0.717, 1.165) is 25.7 Å². The summed E-state index contributed by atoms with van der Waals surface area (Å²) in [7, 11) is 1.63. The summed E-state index contributed by atoms with van der Waals surface area (Å²) >= 11 is 0. The van der Waals surface area contributed by atoms with Crippen LogP contribution in [0.4, 0.5) is 4.79 Å². The van der Waals surface area contributed by atoms with Crippen LogP contribution in [0.1, 0.15) is 38.5 Å². The number of nitrogens with one attached hydrogen (secondary N) is 1. The van der Waals surface area contributed by atoms with Crippen LogP contribution in [0.5, 0.6) is 0 Å². The third-order valence-electron chi connectivity index (χ3n) is 3.46. The second-order valence-corrected chi connectivity index (χ2v) is 4.90. The molecule has 102 valence electrons. The summed E-state index contributed by atoms with van der Waals surface area (Å²) in [5.74, 6) is -0.926. The number of likely N-dealkylation sites (N-methyl/N-ethyl adjacent to an activating group) is 1. The number of carboxylic acids is 1. The van der Waals surface area contributed by atoms with Crippen LogP contribution in [-0.2, 0) is 4.79 Å². The maximum absolute atomic E-state index is 11.9. The Morgan fingerprint density at radius 2 is 1.89 bits per heavy atom. The number of amides is 2. The SMILES string of the molecule is C=CCN(C)C(=O)NC1(C(=O)O)CCCCCC1. The first kappa shape index (κ1) is 14.5. The van der Waals surface area contributed by atoms with Crippen LogP contribution in [0.3, 0.4) is 0 Å². The molecule has 0 radical (unpaired) electrons. The maximum atomic E-state index is 11.9. The van der Waals surface area contributed by atoms with Gasteiger partial charge < -0.3 is 15.3 Å². The van der Waals surface area contributed by atoms with Crippen LogP contribution in [0, 0.1) is 0 Å². The number of carboxylic acid groups (broad SMARTS) is 1. The Labute approximate surface area is 108 Å². The molecular weight excluding hydrogens is 232 g/mol. The molecule has 0 spiro atoms. The van der Waals surface area contributed by atoms with E-state index in [-0.39, 0.29) is 6.03 Å². The highest BCUT2D eigenvalue weighted by Gasteiger charge is 2.40. The molecule has 0 aromatic heterocycles. The highest BCUT2D eigenvalue weighted by molar-refractivity contribution is 5.86. The minimum Gasteiger partial charge on any atom is -0.480 e. The van der Waals surface area contributed by atoms with Crippen molar-refractivity contribution in [2.24, 2.45) is 0 Å². The van der Waals surface area contributed by atoms with Crippen LogP contribution in [0.2, 0.25) is 0 Å². The molecule has 5 nitrogen and oxygen atoms in total. The summed E-state index contributed by atoms with van der Waals surface area (Å²) in [4.78, 5) is 24.9. The van der Waals surface area contributed by atoms with Gasteiger partial charge in [0.05, 0.1) is 0 Å². The normalized spacial score (nSPS) is 18.5. The molecular formula is C13H22N2O3. The molecule has 0 heterocycles. The number of rotatable bonds is 4. The van der Waals surface area contributed by atoms with E-state index in [4.69, 9.17) is 0 Å². The molecule has 18 heavy (non-hydrogen) atoms. The van der Waals surface area contributed by atoms with E-state index in [9.17, 15) is 14.7 Å². The monoisotopic (exact) mass is 254 g/mol. The molecule has 0 bridgehead atoms. The van der Waals surface area contributed by atoms with Gasteiger partial charge in [0.15, 0.2) is 0 Å². The van der Waals surface area contributed by atoms with E-state index in [1.807, 2.05) is 0 Å². The third kappa shape index (κ3) is 3.48. The van der Waals surface area contributed by atoms with E-state index in [0.29, 0.717) is 19.4 Å². The number of aliphatic carboxylic acids is 1. The zero-order chi connectivity index (χ0) is 13.6. The maximum Gasteiger partial charge on any atom is 0.329 e. The van der Waals surface area contributed by atoms with Crippen molar-refractivity contribution in [2.45, 2.75) is 44.1 Å². The quantitative estimate of drug-likeness (QED) is 0.595. The highest BCUT2D eigenvalue weighted by Crippen LogP contribution is 2.27. The van der Waals surface area contributed by atoms with E-state index in [1.54, 1.807) is 13.1 Å². The summed E-state index contributed by atoms with van der Waals surface area (Å²) in [5, 5.41) is 12.1. The van der Waals surface area contributed by atoms with Crippen LogP contribution >= 0.6 is 0 Å². The largest absolute Gasteiger partial charge is 0.480 e. The van der Waals surface area contributed by atoms with Gasteiger partial charge in [0.2, 0.25) is 0 Å². The molecule has 0 aromatic carbocycles. The number of urea groups is 1. The van der Waals surface area contributed by atoms with E-state index in [1.165, 1.54) is 4.90 Å². The second-order valence-electron chi connectivity index (χ2n) is 4.90. The predicted octanol–water partition coefficient (Wildman–Crippen LogP) is 1.99. The Balaban J connectivity index is 2.75. The van der Waals surface area contributed by atoms with Gasteiger partial charge >= 0.3 is 12.0 Å². The molecule has 0 aromatic rings. The Morgan fingerprint density at radius 1 is 1.33 bits per heavy atom. The minimum absolute atomic E-state index is 0.348. The van der Waals surface area contributed by atoms with Gasteiger partial charge in [-0.15, -0.1) is 6.58 Å². The van der Waals surface area contributed by atoms with Gasteiger partial charge in [-0.2, -0.15) is 0 Å². The first-order valence-corrected chi connectivity index (χ1v) is 6.39. The molecule has 0 saturated heterocycles. The molecule has 1 saturated carbocycles. The lowest BCUT2D eigenvalue weighted by Gasteiger charge is -2.31. The smallest absolute Gasteiger partial charge is 0.329 e. The van der Waals surface area contributed by atoms with Crippen LogP contribution in [0.25, 0.3) is 0 Å². The first-order valence-electron chi connectivity index (χ1n) is 6.39. The molecule has 0 unspecified atom stereocenters. The van der Waals surface area contributed by atoms with Gasteiger partial charge in [0.1, 0.15) is 5.54 Å². The average Bonchev–Trinajstić information content (AvgIpc) is 2.56. The van der Waals surface area contributed by atoms with Crippen LogP contribution in [0.15, 0.2) is 12.7 Å². The van der Waals surface area contributed by atoms with Gasteiger partial charge in [-0.1, -0.05) is 31.8 Å². The van der Waals surface area contributed by atoms with Crippen LogP contribution in [-0.4, -0.2) is 41.1 Å². The number of hydrogen-bond acceptors (Lipinski definition) is 2. The van der Waals surface area contributed by atoms with Gasteiger partial charge in [-0.3, -0.25) is 0 Å². The summed E-state index contributed by atoms with van der Waals surface area (Å²) in [5.41, 5.74) is -1.09. The summed E-state index contributed by atoms with van der Waals surface area (Å²) < 4.78 is 0. The van der Waals surface area contributed by atoms with Crippen molar-refractivity contribution in [1.82, 2.24) is 10.2 Å². The number of nitrogens with zero attached hydrogens (tertiary/aromatic N) is 1. The Kier molecular flexibility index (Phi) is 5.19. The zero-order valence-corrected chi connectivity index (χ0v) is 10.9. The Hall–Kier alpha value is -1.52. The molecule has 0 aliphatic heterocycles. The van der Waals surface area contributed by atoms with Gasteiger partial charge in [-0.05, 0) is 12.8 Å². The summed E-state index contributed by atoms with van der Waals surface area (Å²) in [6.45, 7) is 3.96. The average molecular weight is 254 g/mol. The minimum atomic E-state index is -1.09. The molecule has 2 N–H and O–H groups in total. The third-order valence-corrected chi connectivity index (χ3v) is 3.46. The fraction of sp³-hybridized carbons (Fsp3) is 0.692. The van der Waals surface area contributed by atoms with Crippen molar-refractivity contribution in [3.63, 3.8) is 0 Å². The lowest BCUT2D eigenvalue weighted by atomic mass is 9.90. The molecule has 1 aliphatic rings. The van der Waals surface area contributed by atoms with E-state index >= 15 is 0 Å². The van der Waals surface area contributed by atoms with Crippen molar-refractivity contribution in [2.75, 3.05) is 13.6 Å². The fourth-order valence-electron chi connectivity index (χ4n) is 2.30. The molecule has 1 rings (SSSR count). The molecule has 1 aliphatic carbocycles. The standard InChI is InChI=1S/C13H22N2O3/c1-3-10-15(2)12(18)14-13(11(16)17)8-6-4-5-7-9-13/h3H,1,4-10H2,2H3,(H,14,18)(H,16,17). The van der Waals surface area contributed by atoms with Crippen LogP contribution < -0.4 is 5.32 Å². The van der Waals surface area contributed by atoms with Crippen molar-refractivity contribution in [3.05, 3.63) is 12.7 Å². The Morgan fingerprint density at radius 3 is 2.33 bits per heavy atom. The molecule has 2 amide bonds. The summed E-state index contributed by atoms with van der Waals surface area (Å²) in [6.07, 6.45) is 6.39. The first-order chi connectivity index (χ1) is 8.52. The summed E-state index contributed by atoms with van der Waals surface area (Å²) in [6, 6.07) is -0.348. The Bertz CT molecular complexity index is 320. The topological polar surface area (TPSA) is 69.6 Å². The van der Waals surface area contributed by atoms with Crippen molar-refractivity contribution >= 4 is 12.0 Å². The van der Waals surface area contributed by atoms with E-state index < -0.39 is 11.5 Å². The number of hydrogen-bond donors (Lipinski definition) is 2. The molecule has 1 fully saturated rings. The van der Waals surface area contributed by atoms with Crippen molar-refractivity contribution < 1.29 is 14.7 Å². The fourth-order valence-corrected chi connectivity index (χ4v) is 2.30. The zero-order valence-electron chi connectivity index (χ0n) is 10.9. The second kappa shape index (κ2) is 6.42. The van der Waals surface area contributed by atoms with Gasteiger partial charge in [0.25, 0.3) is 0 Å². The van der Waals surface area contributed by atoms with Gasteiger partial charge in [-0.25, -0.2) is 9.59 Å². The van der Waals surface area contributed by atoms with E-state index in [2.05, 4.69) is 11.9 Å². The lowest BCUT2D eigenvalue weighted by molar-refractivity contribution is -0.145. The molecule has 0 atom stereocenters. The predicted molar refractivity (Wildman–Crippen MR) is 69.4 cm³/mol. The van der Waals surface area contributed by atoms with Crippen molar-refractivity contribution in [3.8, 4) is 0 Å². The molecule has 5 heteroatoms. The van der Waals surface area contributed by atoms with Gasteiger partial charge in [0, 0.05) is 13.6 Å². The number of carbonyl (C=O) groups excluding carboxylic acids is 1. The highest BCUT2D eigenvalue weighted by atomic mass is 16.4. The number of carbonyl (C=O) groups is 2.